The topological polar surface area (TPSA) is 29.5 Å². The third-order valence-corrected chi connectivity index (χ3v) is 4.12. The van der Waals surface area contributed by atoms with Gasteiger partial charge >= 0.3 is 0 Å². The van der Waals surface area contributed by atoms with Crippen molar-refractivity contribution in [2.45, 2.75) is 12.5 Å². The SMILES string of the molecule is COc1cc(C(C)(O)c2ccccc2Br)ccc1Cl. The lowest BCUT2D eigenvalue weighted by atomic mass is 9.88. The van der Waals surface area contributed by atoms with E-state index in [0.717, 1.165) is 15.6 Å². The Bertz CT molecular complexity index is 596. The molecule has 2 nitrogen and oxygen atoms in total. The quantitative estimate of drug-likeness (QED) is 0.898. The molecule has 0 fully saturated rings. The standard InChI is InChI=1S/C15H14BrClO2/c1-15(18,11-5-3-4-6-12(11)16)10-7-8-13(17)14(9-10)19-2/h3-9,18H,1-2H3. The second-order valence-corrected chi connectivity index (χ2v) is 5.66. The zero-order valence-electron chi connectivity index (χ0n) is 10.7. The molecule has 0 saturated heterocycles. The molecule has 19 heavy (non-hydrogen) atoms. The first-order valence-electron chi connectivity index (χ1n) is 5.78. The van der Waals surface area contributed by atoms with E-state index < -0.39 is 5.60 Å². The number of halogens is 2. The van der Waals surface area contributed by atoms with Crippen molar-refractivity contribution in [3.63, 3.8) is 0 Å². The van der Waals surface area contributed by atoms with E-state index in [1.807, 2.05) is 24.3 Å². The Morgan fingerprint density at radius 1 is 1.21 bits per heavy atom. The zero-order chi connectivity index (χ0) is 14.0. The first-order chi connectivity index (χ1) is 8.96. The molecule has 1 unspecified atom stereocenters. The van der Waals surface area contributed by atoms with Crippen LogP contribution in [0.25, 0.3) is 0 Å². The Morgan fingerprint density at radius 2 is 1.89 bits per heavy atom. The van der Waals surface area contributed by atoms with Gasteiger partial charge in [0.1, 0.15) is 11.4 Å². The molecule has 0 saturated carbocycles. The minimum Gasteiger partial charge on any atom is -0.495 e. The highest BCUT2D eigenvalue weighted by Crippen LogP contribution is 2.37. The van der Waals surface area contributed by atoms with Gasteiger partial charge < -0.3 is 9.84 Å². The molecule has 100 valence electrons. The molecule has 0 bridgehead atoms. The van der Waals surface area contributed by atoms with Crippen LogP contribution in [0.5, 0.6) is 5.75 Å². The molecule has 0 radical (unpaired) electrons. The molecule has 0 amide bonds. The minimum absolute atomic E-state index is 0.522. The van der Waals surface area contributed by atoms with Gasteiger partial charge in [0.05, 0.1) is 12.1 Å². The summed E-state index contributed by atoms with van der Waals surface area (Å²) in [4.78, 5) is 0. The normalized spacial score (nSPS) is 13.9. The van der Waals surface area contributed by atoms with Gasteiger partial charge in [0, 0.05) is 10.0 Å². The summed E-state index contributed by atoms with van der Waals surface area (Å²) in [7, 11) is 1.55. The van der Waals surface area contributed by atoms with Crippen LogP contribution in [0, 0.1) is 0 Å². The number of ether oxygens (including phenoxy) is 1. The third kappa shape index (κ3) is 2.78. The van der Waals surface area contributed by atoms with Crippen LogP contribution in [0.3, 0.4) is 0 Å². The predicted octanol–water partition coefficient (Wildman–Crippen LogP) is 4.37. The molecule has 0 aromatic heterocycles. The summed E-state index contributed by atoms with van der Waals surface area (Å²) in [5, 5.41) is 11.3. The molecule has 0 aliphatic heterocycles. The Morgan fingerprint density at radius 3 is 2.53 bits per heavy atom. The van der Waals surface area contributed by atoms with Crippen molar-refractivity contribution >= 4 is 27.5 Å². The molecular formula is C15H14BrClO2. The first-order valence-corrected chi connectivity index (χ1v) is 6.95. The summed E-state index contributed by atoms with van der Waals surface area (Å²) in [6, 6.07) is 12.9. The van der Waals surface area contributed by atoms with Crippen molar-refractivity contribution in [2.75, 3.05) is 7.11 Å². The zero-order valence-corrected chi connectivity index (χ0v) is 13.0. The van der Waals surface area contributed by atoms with Crippen molar-refractivity contribution in [2.24, 2.45) is 0 Å². The van der Waals surface area contributed by atoms with Gasteiger partial charge in [0.15, 0.2) is 0 Å². The maximum absolute atomic E-state index is 10.8. The maximum Gasteiger partial charge on any atom is 0.137 e. The number of aliphatic hydroxyl groups is 1. The van der Waals surface area contributed by atoms with Crippen LogP contribution in [-0.2, 0) is 5.60 Å². The molecule has 0 spiro atoms. The van der Waals surface area contributed by atoms with Crippen LogP contribution in [0.1, 0.15) is 18.1 Å². The minimum atomic E-state index is -1.13. The van der Waals surface area contributed by atoms with Crippen molar-refractivity contribution in [1.82, 2.24) is 0 Å². The predicted molar refractivity (Wildman–Crippen MR) is 80.8 cm³/mol. The van der Waals surface area contributed by atoms with Crippen molar-refractivity contribution in [3.05, 3.63) is 63.1 Å². The Labute approximate surface area is 126 Å². The van der Waals surface area contributed by atoms with Crippen LogP contribution in [0.2, 0.25) is 5.02 Å². The van der Waals surface area contributed by atoms with E-state index in [1.54, 1.807) is 32.2 Å². The summed E-state index contributed by atoms with van der Waals surface area (Å²) in [6.07, 6.45) is 0. The van der Waals surface area contributed by atoms with Gasteiger partial charge in [0.2, 0.25) is 0 Å². The Kier molecular flexibility index (Phi) is 4.19. The fraction of sp³-hybridized carbons (Fsp3) is 0.200. The number of methoxy groups -OCH3 is 1. The largest absolute Gasteiger partial charge is 0.495 e. The Hall–Kier alpha value is -1.03. The Balaban J connectivity index is 2.53. The smallest absolute Gasteiger partial charge is 0.137 e. The monoisotopic (exact) mass is 340 g/mol. The van der Waals surface area contributed by atoms with Crippen molar-refractivity contribution in [3.8, 4) is 5.75 Å². The average molecular weight is 342 g/mol. The van der Waals surface area contributed by atoms with Gasteiger partial charge in [0.25, 0.3) is 0 Å². The molecule has 0 aliphatic rings. The molecule has 0 aliphatic carbocycles. The van der Waals surface area contributed by atoms with E-state index in [-0.39, 0.29) is 0 Å². The van der Waals surface area contributed by atoms with Gasteiger partial charge in [-0.3, -0.25) is 0 Å². The lowest BCUT2D eigenvalue weighted by Gasteiger charge is -2.26. The van der Waals surface area contributed by atoms with E-state index in [2.05, 4.69) is 15.9 Å². The molecule has 2 rings (SSSR count). The summed E-state index contributed by atoms with van der Waals surface area (Å²) in [5.74, 6) is 0.548. The average Bonchev–Trinajstić information content (AvgIpc) is 2.39. The highest BCUT2D eigenvalue weighted by Gasteiger charge is 2.28. The van der Waals surface area contributed by atoms with E-state index in [0.29, 0.717) is 10.8 Å². The van der Waals surface area contributed by atoms with E-state index in [4.69, 9.17) is 16.3 Å². The van der Waals surface area contributed by atoms with Crippen LogP contribution >= 0.6 is 27.5 Å². The molecule has 4 heteroatoms. The van der Waals surface area contributed by atoms with Crippen LogP contribution < -0.4 is 4.74 Å². The van der Waals surface area contributed by atoms with Gasteiger partial charge in [-0.2, -0.15) is 0 Å². The first kappa shape index (κ1) is 14.4. The fourth-order valence-corrected chi connectivity index (χ4v) is 2.84. The summed E-state index contributed by atoms with van der Waals surface area (Å²) in [5.41, 5.74) is 0.387. The van der Waals surface area contributed by atoms with E-state index >= 15 is 0 Å². The lowest BCUT2D eigenvalue weighted by molar-refractivity contribution is 0.101. The van der Waals surface area contributed by atoms with Gasteiger partial charge in [-0.15, -0.1) is 0 Å². The summed E-state index contributed by atoms with van der Waals surface area (Å²) in [6.45, 7) is 1.75. The van der Waals surface area contributed by atoms with Crippen LogP contribution in [-0.4, -0.2) is 12.2 Å². The molecule has 1 atom stereocenters. The second kappa shape index (κ2) is 5.53. The van der Waals surface area contributed by atoms with Gasteiger partial charge in [-0.25, -0.2) is 0 Å². The number of hydrogen-bond acceptors (Lipinski definition) is 2. The summed E-state index contributed by atoms with van der Waals surface area (Å²) >= 11 is 9.47. The molecule has 2 aromatic carbocycles. The lowest BCUT2D eigenvalue weighted by Crippen LogP contribution is -2.23. The molecule has 2 aromatic rings. The number of benzene rings is 2. The third-order valence-electron chi connectivity index (χ3n) is 3.11. The van der Waals surface area contributed by atoms with Gasteiger partial charge in [-0.1, -0.05) is 51.8 Å². The number of hydrogen-bond donors (Lipinski definition) is 1. The van der Waals surface area contributed by atoms with Crippen LogP contribution in [0.4, 0.5) is 0 Å². The van der Waals surface area contributed by atoms with E-state index in [1.165, 1.54) is 0 Å². The number of rotatable bonds is 3. The second-order valence-electron chi connectivity index (χ2n) is 4.40. The van der Waals surface area contributed by atoms with Gasteiger partial charge in [-0.05, 0) is 30.7 Å². The summed E-state index contributed by atoms with van der Waals surface area (Å²) < 4.78 is 6.05. The van der Waals surface area contributed by atoms with Crippen molar-refractivity contribution in [1.29, 1.82) is 0 Å². The molecule has 1 N–H and O–H groups in total. The fourth-order valence-electron chi connectivity index (χ4n) is 1.97. The molecule has 0 heterocycles. The molecular weight excluding hydrogens is 328 g/mol. The van der Waals surface area contributed by atoms with Crippen molar-refractivity contribution < 1.29 is 9.84 Å². The van der Waals surface area contributed by atoms with Crippen LogP contribution in [0.15, 0.2) is 46.9 Å². The maximum atomic E-state index is 10.8. The highest BCUT2D eigenvalue weighted by molar-refractivity contribution is 9.10. The highest BCUT2D eigenvalue weighted by atomic mass is 79.9. The van der Waals surface area contributed by atoms with E-state index in [9.17, 15) is 5.11 Å².